The summed E-state index contributed by atoms with van der Waals surface area (Å²) in [5, 5.41) is 28.4. The average molecular weight is 850 g/mol. The van der Waals surface area contributed by atoms with Gasteiger partial charge in [-0.2, -0.15) is 0 Å². The molecule has 3 heterocycles. The molecule has 4 aromatic rings. The number of urea groups is 1. The molecule has 5 rings (SSSR count). The number of ether oxygens (including phenoxy) is 1. The Morgan fingerprint density at radius 3 is 2.08 bits per heavy atom. The first-order chi connectivity index (χ1) is 29.2. The highest BCUT2D eigenvalue weighted by molar-refractivity contribution is 5.89. The Morgan fingerprint density at radius 1 is 0.806 bits per heavy atom. The van der Waals surface area contributed by atoms with E-state index in [1.807, 2.05) is 113 Å². The van der Waals surface area contributed by atoms with Crippen molar-refractivity contribution < 1.29 is 34.1 Å². The highest BCUT2D eigenvalue weighted by atomic mass is 16.5. The topological polar surface area (TPSA) is 178 Å². The van der Waals surface area contributed by atoms with Gasteiger partial charge in [-0.3, -0.25) is 19.5 Å². The predicted molar refractivity (Wildman–Crippen MR) is 238 cm³/mol. The number of nitrogens with zero attached hydrogens (tertiary/aromatic N) is 5. The van der Waals surface area contributed by atoms with Gasteiger partial charge in [-0.05, 0) is 66.3 Å². The Bertz CT molecular complexity index is 2150. The molecule has 14 heteroatoms. The van der Waals surface area contributed by atoms with Crippen LogP contribution in [0.1, 0.15) is 70.5 Å². The van der Waals surface area contributed by atoms with Crippen molar-refractivity contribution in [3.05, 3.63) is 114 Å². The summed E-state index contributed by atoms with van der Waals surface area (Å²) in [7, 11) is 2.91. The molecular weight excluding hydrogens is 787 g/mol. The summed E-state index contributed by atoms with van der Waals surface area (Å²) in [5.41, 5.74) is 3.45. The third-order valence-electron chi connectivity index (χ3n) is 11.2. The number of aromatic nitrogens is 2. The highest BCUT2D eigenvalue weighted by Crippen LogP contribution is 2.30. The van der Waals surface area contributed by atoms with Crippen molar-refractivity contribution in [2.75, 3.05) is 27.2 Å². The van der Waals surface area contributed by atoms with Crippen LogP contribution < -0.4 is 15.4 Å². The Labute approximate surface area is 365 Å². The minimum absolute atomic E-state index is 0.0301. The van der Waals surface area contributed by atoms with Crippen molar-refractivity contribution in [3.63, 3.8) is 0 Å². The standard InChI is InChI=1S/C48H63N7O7/c1-31-15-13-18-35(49-31)30-54-25-26-55(45(54)59)42(48(5,6)7)44(58)50-36(27-32-16-11-10-12-17-32)29-39(56)38(52-43(57)41(47(2,3)4)53(8)46(60)61)28-33-21-23-34(24-22-33)37-19-14-20-40(51-37)62-9/h10-24,36,38-39,41-42,56H,25-30H2,1-9H3,(H,50,58)(H,52,57)(H,60,61)/t36-,38-,39-,41+,42+/m0/s1. The second-order valence-electron chi connectivity index (χ2n) is 18.4. The first-order valence-corrected chi connectivity index (χ1v) is 21.1. The molecule has 0 spiro atoms. The number of carbonyl (C=O) groups is 4. The maximum absolute atomic E-state index is 14.6. The summed E-state index contributed by atoms with van der Waals surface area (Å²) in [6.07, 6.45) is -1.89. The smallest absolute Gasteiger partial charge is 0.407 e. The molecule has 2 aromatic heterocycles. The summed E-state index contributed by atoms with van der Waals surface area (Å²) in [4.78, 5) is 68.4. The number of rotatable bonds is 17. The van der Waals surface area contributed by atoms with Crippen LogP contribution >= 0.6 is 0 Å². The number of aryl methyl sites for hydroxylation is 1. The van der Waals surface area contributed by atoms with E-state index in [-0.39, 0.29) is 24.8 Å². The fourth-order valence-electron chi connectivity index (χ4n) is 8.26. The Morgan fingerprint density at radius 2 is 1.47 bits per heavy atom. The lowest BCUT2D eigenvalue weighted by atomic mass is 9.84. The van der Waals surface area contributed by atoms with Crippen LogP contribution in [0.3, 0.4) is 0 Å². The number of likely N-dealkylation sites (N-methyl/N-ethyl adjacent to an activating group) is 1. The summed E-state index contributed by atoms with van der Waals surface area (Å²) < 4.78 is 5.30. The van der Waals surface area contributed by atoms with Gasteiger partial charge in [0.1, 0.15) is 12.1 Å². The zero-order chi connectivity index (χ0) is 45.4. The van der Waals surface area contributed by atoms with E-state index >= 15 is 0 Å². The molecule has 1 aliphatic rings. The number of amides is 5. The summed E-state index contributed by atoms with van der Waals surface area (Å²) in [6.45, 7) is 14.2. The first-order valence-electron chi connectivity index (χ1n) is 21.1. The van der Waals surface area contributed by atoms with Crippen molar-refractivity contribution >= 4 is 23.9 Å². The van der Waals surface area contributed by atoms with E-state index in [0.29, 0.717) is 37.6 Å². The maximum Gasteiger partial charge on any atom is 0.407 e. The Kier molecular flexibility index (Phi) is 15.4. The van der Waals surface area contributed by atoms with Crippen LogP contribution in [0.25, 0.3) is 11.3 Å². The number of carboxylic acid groups (broad SMARTS) is 1. The molecule has 14 nitrogen and oxygen atoms in total. The van der Waals surface area contributed by atoms with Gasteiger partial charge >= 0.3 is 12.1 Å². The van der Waals surface area contributed by atoms with Gasteiger partial charge in [0.25, 0.3) is 0 Å². The average Bonchev–Trinajstić information content (AvgIpc) is 3.54. The lowest BCUT2D eigenvalue weighted by molar-refractivity contribution is -0.131. The van der Waals surface area contributed by atoms with E-state index in [9.17, 15) is 29.4 Å². The number of aliphatic hydroxyl groups is 1. The number of methoxy groups -OCH3 is 1. The molecule has 0 bridgehead atoms. The van der Waals surface area contributed by atoms with Crippen molar-refractivity contribution in [1.82, 2.24) is 35.3 Å². The van der Waals surface area contributed by atoms with Crippen molar-refractivity contribution in [2.24, 2.45) is 10.8 Å². The second-order valence-corrected chi connectivity index (χ2v) is 18.4. The second kappa shape index (κ2) is 20.2. The van der Waals surface area contributed by atoms with Crippen LogP contribution in [0, 0.1) is 17.8 Å². The molecule has 0 saturated carbocycles. The molecule has 2 aromatic carbocycles. The summed E-state index contributed by atoms with van der Waals surface area (Å²) in [5.74, 6) is -0.432. The molecule has 1 fully saturated rings. The van der Waals surface area contributed by atoms with Crippen LogP contribution in [-0.2, 0) is 29.0 Å². The molecular formula is C48H63N7O7. The zero-order valence-electron chi connectivity index (χ0n) is 37.5. The van der Waals surface area contributed by atoms with E-state index in [1.54, 1.807) is 43.7 Å². The van der Waals surface area contributed by atoms with Crippen molar-refractivity contribution in [2.45, 2.75) is 105 Å². The normalized spacial score (nSPS) is 15.6. The van der Waals surface area contributed by atoms with E-state index in [2.05, 4.69) is 20.6 Å². The van der Waals surface area contributed by atoms with E-state index in [4.69, 9.17) is 4.74 Å². The SMILES string of the molecule is COc1cccc(-c2ccc(C[C@H](NC(=O)[C@@H](N(C)C(=O)O)C(C)(C)C)[C@@H](O)C[C@H](Cc3ccccc3)NC(=O)[C@@H](N3CCN(Cc4cccc(C)n4)C3=O)C(C)(C)C)cc2)n1. The Balaban J connectivity index is 1.43. The van der Waals surface area contributed by atoms with Gasteiger partial charge in [-0.1, -0.05) is 108 Å². The minimum Gasteiger partial charge on any atom is -0.481 e. The Hall–Kier alpha value is -6.02. The molecule has 332 valence electrons. The monoisotopic (exact) mass is 849 g/mol. The molecule has 0 aliphatic carbocycles. The largest absolute Gasteiger partial charge is 0.481 e. The molecule has 1 saturated heterocycles. The summed E-state index contributed by atoms with van der Waals surface area (Å²) in [6, 6.07) is 24.7. The predicted octanol–water partition coefficient (Wildman–Crippen LogP) is 6.34. The van der Waals surface area contributed by atoms with E-state index < -0.39 is 53.1 Å². The van der Waals surface area contributed by atoms with Gasteiger partial charge < -0.3 is 35.4 Å². The van der Waals surface area contributed by atoms with E-state index in [1.165, 1.54) is 7.05 Å². The number of benzene rings is 2. The van der Waals surface area contributed by atoms with Crippen molar-refractivity contribution in [3.8, 4) is 17.1 Å². The molecule has 1 aliphatic heterocycles. The number of hydrogen-bond acceptors (Lipinski definition) is 8. The van der Waals surface area contributed by atoms with Gasteiger partial charge in [0.05, 0.1) is 37.2 Å². The first kappa shape index (κ1) is 47.0. The lowest BCUT2D eigenvalue weighted by Gasteiger charge is -2.38. The fraction of sp³-hybridized carbons (Fsp3) is 0.458. The molecule has 5 amide bonds. The quantitative estimate of drug-likeness (QED) is 0.0944. The van der Waals surface area contributed by atoms with Gasteiger partial charge in [0.15, 0.2) is 0 Å². The van der Waals surface area contributed by atoms with Gasteiger partial charge in [-0.25, -0.2) is 14.6 Å². The fourth-order valence-corrected chi connectivity index (χ4v) is 8.26. The minimum atomic E-state index is -1.26. The maximum atomic E-state index is 14.6. The van der Waals surface area contributed by atoms with Crippen LogP contribution in [0.5, 0.6) is 5.88 Å². The van der Waals surface area contributed by atoms with E-state index in [0.717, 1.165) is 33.0 Å². The van der Waals surface area contributed by atoms with Crippen LogP contribution in [-0.4, -0.2) is 116 Å². The number of pyridine rings is 2. The van der Waals surface area contributed by atoms with Crippen molar-refractivity contribution in [1.29, 1.82) is 0 Å². The van der Waals surface area contributed by atoms with Crippen LogP contribution in [0.15, 0.2) is 91.0 Å². The van der Waals surface area contributed by atoms with Gasteiger partial charge in [0.2, 0.25) is 17.7 Å². The number of aliphatic hydroxyl groups excluding tert-OH is 1. The molecule has 4 N–H and O–H groups in total. The van der Waals surface area contributed by atoms with Crippen LogP contribution in [0.2, 0.25) is 0 Å². The molecule has 5 atom stereocenters. The lowest BCUT2D eigenvalue weighted by Crippen LogP contribution is -2.59. The van der Waals surface area contributed by atoms with Gasteiger partial charge in [-0.15, -0.1) is 0 Å². The number of nitrogens with one attached hydrogen (secondary N) is 2. The third kappa shape index (κ3) is 12.3. The third-order valence-corrected chi connectivity index (χ3v) is 11.2. The van der Waals surface area contributed by atoms with Crippen LogP contribution in [0.4, 0.5) is 9.59 Å². The molecule has 62 heavy (non-hydrogen) atoms. The molecule has 0 radical (unpaired) electrons. The number of carbonyl (C=O) groups excluding carboxylic acids is 3. The van der Waals surface area contributed by atoms with Gasteiger partial charge in [0, 0.05) is 43.5 Å². The zero-order valence-corrected chi connectivity index (χ0v) is 37.5. The summed E-state index contributed by atoms with van der Waals surface area (Å²) >= 11 is 0. The number of hydrogen-bond donors (Lipinski definition) is 4. The molecule has 0 unspecified atom stereocenters. The highest BCUT2D eigenvalue weighted by Gasteiger charge is 2.44.